The lowest BCUT2D eigenvalue weighted by Gasteiger charge is -2.22. The van der Waals surface area contributed by atoms with Crippen LogP contribution in [0.15, 0.2) is 11.1 Å². The van der Waals surface area contributed by atoms with Crippen LogP contribution in [-0.2, 0) is 4.79 Å². The number of amides is 1. The van der Waals surface area contributed by atoms with Crippen molar-refractivity contribution < 1.29 is 9.90 Å². The number of hydrogen-bond acceptors (Lipinski definition) is 2. The highest BCUT2D eigenvalue weighted by Gasteiger charge is 2.37. The first-order valence-corrected chi connectivity index (χ1v) is 3.74. The second kappa shape index (κ2) is 2.34. The summed E-state index contributed by atoms with van der Waals surface area (Å²) in [7, 11) is 0. The number of carbonyl (C=O) groups is 1. The summed E-state index contributed by atoms with van der Waals surface area (Å²) in [6, 6.07) is 0. The fourth-order valence-corrected chi connectivity index (χ4v) is 1.21. The van der Waals surface area contributed by atoms with Gasteiger partial charge in [0.1, 0.15) is 0 Å². The van der Waals surface area contributed by atoms with Crippen LogP contribution in [0.2, 0.25) is 0 Å². The maximum Gasteiger partial charge on any atom is 0.249 e. The zero-order chi connectivity index (χ0) is 8.65. The van der Waals surface area contributed by atoms with E-state index in [0.717, 1.165) is 5.57 Å². The molecule has 0 radical (unpaired) electrons. The molecule has 2 N–H and O–H groups in total. The van der Waals surface area contributed by atoms with Gasteiger partial charge in [-0.05, 0) is 25.8 Å². The monoisotopic (exact) mass is 155 g/mol. The Hall–Kier alpha value is -0.830. The predicted molar refractivity (Wildman–Crippen MR) is 41.8 cm³/mol. The molecule has 0 saturated heterocycles. The van der Waals surface area contributed by atoms with Gasteiger partial charge in [0.25, 0.3) is 0 Å². The summed E-state index contributed by atoms with van der Waals surface area (Å²) >= 11 is 0. The number of aliphatic hydroxyl groups is 1. The predicted octanol–water partition coefficient (Wildman–Crippen LogP) is 0.551. The Morgan fingerprint density at radius 2 is 2.09 bits per heavy atom. The Balaban J connectivity index is 3.03. The van der Waals surface area contributed by atoms with Crippen molar-refractivity contribution in [1.29, 1.82) is 0 Å². The van der Waals surface area contributed by atoms with Crippen molar-refractivity contribution in [2.45, 2.75) is 32.9 Å². The smallest absolute Gasteiger partial charge is 0.249 e. The van der Waals surface area contributed by atoms with Crippen molar-refractivity contribution in [3.8, 4) is 0 Å². The van der Waals surface area contributed by atoms with Crippen LogP contribution in [0.4, 0.5) is 0 Å². The third kappa shape index (κ3) is 1.05. The van der Waals surface area contributed by atoms with Gasteiger partial charge in [0, 0.05) is 5.57 Å². The number of rotatable bonds is 1. The van der Waals surface area contributed by atoms with Crippen LogP contribution in [0.3, 0.4) is 0 Å². The van der Waals surface area contributed by atoms with Crippen LogP contribution >= 0.6 is 0 Å². The summed E-state index contributed by atoms with van der Waals surface area (Å²) in [5.41, 5.74) is 0.292. The molecule has 1 amide bonds. The van der Waals surface area contributed by atoms with Gasteiger partial charge in [-0.25, -0.2) is 0 Å². The second-order valence-electron chi connectivity index (χ2n) is 2.92. The van der Waals surface area contributed by atoms with E-state index in [4.69, 9.17) is 0 Å². The Kier molecular flexibility index (Phi) is 1.76. The first kappa shape index (κ1) is 8.27. The first-order chi connectivity index (χ1) is 5.01. The maximum atomic E-state index is 11.0. The molecular weight excluding hydrogens is 142 g/mol. The molecule has 0 aliphatic carbocycles. The summed E-state index contributed by atoms with van der Waals surface area (Å²) in [6.45, 7) is 5.33. The molecule has 1 unspecified atom stereocenters. The van der Waals surface area contributed by atoms with E-state index in [1.165, 1.54) is 0 Å². The molecule has 3 heteroatoms. The van der Waals surface area contributed by atoms with Crippen LogP contribution in [-0.4, -0.2) is 16.7 Å². The SMILES string of the molecule is CCC1(O)NC(=O)C(C)=C1C. The molecule has 62 valence electrons. The van der Waals surface area contributed by atoms with E-state index in [-0.39, 0.29) is 5.91 Å². The molecule has 0 bridgehead atoms. The average molecular weight is 155 g/mol. The number of nitrogens with one attached hydrogen (secondary N) is 1. The van der Waals surface area contributed by atoms with E-state index < -0.39 is 5.72 Å². The van der Waals surface area contributed by atoms with Crippen LogP contribution in [0.5, 0.6) is 0 Å². The molecule has 1 rings (SSSR count). The third-order valence-electron chi connectivity index (χ3n) is 2.36. The second-order valence-corrected chi connectivity index (χ2v) is 2.92. The largest absolute Gasteiger partial charge is 0.367 e. The molecular formula is C8H13NO2. The Morgan fingerprint density at radius 3 is 2.27 bits per heavy atom. The Labute approximate surface area is 66.1 Å². The van der Waals surface area contributed by atoms with E-state index in [0.29, 0.717) is 12.0 Å². The van der Waals surface area contributed by atoms with Crippen molar-refractivity contribution >= 4 is 5.91 Å². The van der Waals surface area contributed by atoms with Crippen molar-refractivity contribution in [3.05, 3.63) is 11.1 Å². The third-order valence-corrected chi connectivity index (χ3v) is 2.36. The molecule has 0 aromatic carbocycles. The standard InChI is InChI=1S/C8H13NO2/c1-4-8(11)6(3)5(2)7(10)9-8/h11H,4H2,1-3H3,(H,9,10). The molecule has 1 heterocycles. The van der Waals surface area contributed by atoms with Gasteiger partial charge in [0.05, 0.1) is 0 Å². The lowest BCUT2D eigenvalue weighted by Crippen LogP contribution is -2.43. The van der Waals surface area contributed by atoms with Crippen LogP contribution < -0.4 is 5.32 Å². The number of carbonyl (C=O) groups excluding carboxylic acids is 1. The van der Waals surface area contributed by atoms with Gasteiger partial charge < -0.3 is 10.4 Å². The van der Waals surface area contributed by atoms with E-state index in [1.54, 1.807) is 13.8 Å². The Bertz CT molecular complexity index is 232. The molecule has 11 heavy (non-hydrogen) atoms. The minimum Gasteiger partial charge on any atom is -0.367 e. The van der Waals surface area contributed by atoms with Gasteiger partial charge >= 0.3 is 0 Å². The van der Waals surface area contributed by atoms with Crippen molar-refractivity contribution in [2.24, 2.45) is 0 Å². The molecule has 3 nitrogen and oxygen atoms in total. The molecule has 0 aromatic rings. The summed E-state index contributed by atoms with van der Waals surface area (Å²) < 4.78 is 0. The van der Waals surface area contributed by atoms with Crippen LogP contribution in [0.1, 0.15) is 27.2 Å². The highest BCUT2D eigenvalue weighted by molar-refractivity contribution is 5.97. The fourth-order valence-electron chi connectivity index (χ4n) is 1.21. The molecule has 1 atom stereocenters. The summed E-state index contributed by atoms with van der Waals surface area (Å²) in [4.78, 5) is 11.0. The fraction of sp³-hybridized carbons (Fsp3) is 0.625. The van der Waals surface area contributed by atoms with Crippen molar-refractivity contribution in [2.75, 3.05) is 0 Å². The highest BCUT2D eigenvalue weighted by Crippen LogP contribution is 2.26. The molecule has 1 aliphatic rings. The van der Waals surface area contributed by atoms with Gasteiger partial charge in [-0.3, -0.25) is 4.79 Å². The quantitative estimate of drug-likeness (QED) is 0.581. The van der Waals surface area contributed by atoms with E-state index in [9.17, 15) is 9.90 Å². The number of hydrogen-bond donors (Lipinski definition) is 2. The van der Waals surface area contributed by atoms with Gasteiger partial charge in [0.15, 0.2) is 5.72 Å². The highest BCUT2D eigenvalue weighted by atomic mass is 16.3. The average Bonchev–Trinajstić information content (AvgIpc) is 2.17. The normalized spacial score (nSPS) is 31.1. The topological polar surface area (TPSA) is 49.3 Å². The van der Waals surface area contributed by atoms with Crippen molar-refractivity contribution in [3.63, 3.8) is 0 Å². The summed E-state index contributed by atoms with van der Waals surface area (Å²) in [6.07, 6.45) is 0.516. The van der Waals surface area contributed by atoms with E-state index in [1.807, 2.05) is 6.92 Å². The van der Waals surface area contributed by atoms with Gasteiger partial charge in [-0.1, -0.05) is 6.92 Å². The molecule has 1 aliphatic heterocycles. The lowest BCUT2D eigenvalue weighted by atomic mass is 10.0. The zero-order valence-electron chi connectivity index (χ0n) is 7.06. The summed E-state index contributed by atoms with van der Waals surface area (Å²) in [5, 5.41) is 12.2. The summed E-state index contributed by atoms with van der Waals surface area (Å²) in [5.74, 6) is -0.160. The van der Waals surface area contributed by atoms with Crippen molar-refractivity contribution in [1.82, 2.24) is 5.32 Å². The molecule has 0 fully saturated rings. The molecule has 0 aromatic heterocycles. The van der Waals surface area contributed by atoms with E-state index >= 15 is 0 Å². The van der Waals surface area contributed by atoms with Gasteiger partial charge in [0.2, 0.25) is 5.91 Å². The van der Waals surface area contributed by atoms with Gasteiger partial charge in [-0.2, -0.15) is 0 Å². The van der Waals surface area contributed by atoms with Crippen LogP contribution in [0.25, 0.3) is 0 Å². The zero-order valence-corrected chi connectivity index (χ0v) is 7.06. The van der Waals surface area contributed by atoms with Crippen LogP contribution in [0, 0.1) is 0 Å². The lowest BCUT2D eigenvalue weighted by molar-refractivity contribution is -0.120. The minimum absolute atomic E-state index is 0.160. The first-order valence-electron chi connectivity index (χ1n) is 3.74. The minimum atomic E-state index is -1.08. The molecule has 0 saturated carbocycles. The van der Waals surface area contributed by atoms with Gasteiger partial charge in [-0.15, -0.1) is 0 Å². The maximum absolute atomic E-state index is 11.0. The molecule has 0 spiro atoms. The Morgan fingerprint density at radius 1 is 1.55 bits per heavy atom. The van der Waals surface area contributed by atoms with E-state index in [2.05, 4.69) is 5.32 Å².